The number of rotatable bonds is 8. The first-order chi connectivity index (χ1) is 16.6. The minimum absolute atomic E-state index is 0.228. The maximum Gasteiger partial charge on any atom is 0.412 e. The Hall–Kier alpha value is -3.27. The number of nitrogens with zero attached hydrogens (tertiary/aromatic N) is 4. The van der Waals surface area contributed by atoms with E-state index in [-0.39, 0.29) is 12.1 Å². The number of aromatic nitrogens is 3. The minimum Gasteiger partial charge on any atom is -0.449 e. The zero-order valence-electron chi connectivity index (χ0n) is 18.7. The molecular formula is C24H26ClN5O4. The van der Waals surface area contributed by atoms with Crippen molar-refractivity contribution in [2.75, 3.05) is 44.8 Å². The molecule has 0 spiro atoms. The third-order valence-electron chi connectivity index (χ3n) is 5.33. The number of benzene rings is 1. The van der Waals surface area contributed by atoms with Gasteiger partial charge >= 0.3 is 6.09 Å². The van der Waals surface area contributed by atoms with Gasteiger partial charge in [0, 0.05) is 42.5 Å². The Kier molecular flexibility index (Phi) is 8.24. The van der Waals surface area contributed by atoms with Crippen LogP contribution in [0, 0.1) is 0 Å². The summed E-state index contributed by atoms with van der Waals surface area (Å²) in [6.07, 6.45) is 1.80. The van der Waals surface area contributed by atoms with Crippen molar-refractivity contribution in [2.24, 2.45) is 0 Å². The fraction of sp³-hybridized carbons (Fsp3) is 0.333. The van der Waals surface area contributed by atoms with Crippen molar-refractivity contribution in [3.05, 3.63) is 75.7 Å². The maximum absolute atomic E-state index is 12.3. The Balaban J connectivity index is 1.28. The van der Waals surface area contributed by atoms with Crippen LogP contribution in [0.4, 0.5) is 10.6 Å². The lowest BCUT2D eigenvalue weighted by Crippen LogP contribution is -2.37. The molecule has 4 rings (SSSR count). The summed E-state index contributed by atoms with van der Waals surface area (Å²) in [7, 11) is 0. The molecule has 2 aromatic heterocycles. The van der Waals surface area contributed by atoms with Crippen molar-refractivity contribution in [2.45, 2.75) is 13.0 Å². The van der Waals surface area contributed by atoms with Crippen LogP contribution in [-0.2, 0) is 16.0 Å². The third-order valence-corrected chi connectivity index (χ3v) is 5.56. The fourth-order valence-electron chi connectivity index (χ4n) is 3.55. The Labute approximate surface area is 202 Å². The molecule has 1 aromatic carbocycles. The van der Waals surface area contributed by atoms with E-state index in [4.69, 9.17) is 21.1 Å². The average molecular weight is 484 g/mol. The van der Waals surface area contributed by atoms with E-state index in [2.05, 4.69) is 20.3 Å². The molecule has 0 atom stereocenters. The number of hydrogen-bond donors (Lipinski definition) is 1. The van der Waals surface area contributed by atoms with Gasteiger partial charge in [-0.15, -0.1) is 0 Å². The molecule has 0 aliphatic carbocycles. The van der Waals surface area contributed by atoms with E-state index >= 15 is 0 Å². The van der Waals surface area contributed by atoms with Gasteiger partial charge in [-0.25, -0.2) is 14.5 Å². The number of carbonyl (C=O) groups excluding carboxylic acids is 1. The molecular weight excluding hydrogens is 458 g/mol. The van der Waals surface area contributed by atoms with Crippen molar-refractivity contribution in [3.8, 4) is 11.3 Å². The molecule has 3 heterocycles. The van der Waals surface area contributed by atoms with Gasteiger partial charge in [-0.3, -0.25) is 15.0 Å². The van der Waals surface area contributed by atoms with Crippen molar-refractivity contribution < 1.29 is 14.3 Å². The van der Waals surface area contributed by atoms with E-state index in [9.17, 15) is 9.59 Å². The zero-order valence-corrected chi connectivity index (χ0v) is 19.4. The number of pyridine rings is 1. The van der Waals surface area contributed by atoms with Crippen LogP contribution in [0.2, 0.25) is 5.02 Å². The van der Waals surface area contributed by atoms with Gasteiger partial charge in [0.1, 0.15) is 5.82 Å². The van der Waals surface area contributed by atoms with Gasteiger partial charge in [-0.2, -0.15) is 5.10 Å². The van der Waals surface area contributed by atoms with Gasteiger partial charge in [0.05, 0.1) is 32.1 Å². The molecule has 178 valence electrons. The topological polar surface area (TPSA) is 98.6 Å². The highest BCUT2D eigenvalue weighted by Gasteiger charge is 2.11. The first-order valence-electron chi connectivity index (χ1n) is 11.1. The number of nitrogens with one attached hydrogen (secondary N) is 1. The first kappa shape index (κ1) is 23.9. The number of carbonyl (C=O) groups is 1. The van der Waals surface area contributed by atoms with Gasteiger partial charge in [0.2, 0.25) is 0 Å². The van der Waals surface area contributed by atoms with Gasteiger partial charge in [-0.05, 0) is 36.2 Å². The second kappa shape index (κ2) is 11.7. The molecule has 3 aromatic rings. The van der Waals surface area contributed by atoms with E-state index in [1.165, 1.54) is 10.7 Å². The van der Waals surface area contributed by atoms with Crippen LogP contribution in [-0.4, -0.2) is 65.2 Å². The number of hydrogen-bond acceptors (Lipinski definition) is 7. The number of amides is 1. The highest BCUT2D eigenvalue weighted by atomic mass is 35.5. The van der Waals surface area contributed by atoms with Gasteiger partial charge < -0.3 is 9.47 Å². The van der Waals surface area contributed by atoms with E-state index in [1.807, 2.05) is 12.1 Å². The van der Waals surface area contributed by atoms with E-state index in [0.29, 0.717) is 23.1 Å². The summed E-state index contributed by atoms with van der Waals surface area (Å²) in [5.41, 5.74) is 2.00. The molecule has 0 radical (unpaired) electrons. The van der Waals surface area contributed by atoms with Crippen LogP contribution in [0.25, 0.3) is 11.3 Å². The Morgan fingerprint density at radius 2 is 2.00 bits per heavy atom. The first-order valence-corrected chi connectivity index (χ1v) is 11.5. The second-order valence-electron chi connectivity index (χ2n) is 7.84. The monoisotopic (exact) mass is 483 g/mol. The summed E-state index contributed by atoms with van der Waals surface area (Å²) in [6.45, 7) is 4.77. The van der Waals surface area contributed by atoms with E-state index in [1.54, 1.807) is 36.5 Å². The quantitative estimate of drug-likeness (QED) is 0.491. The summed E-state index contributed by atoms with van der Waals surface area (Å²) in [6, 6.07) is 13.9. The lowest BCUT2D eigenvalue weighted by molar-refractivity contribution is 0.0348. The molecule has 0 unspecified atom stereocenters. The fourth-order valence-corrected chi connectivity index (χ4v) is 3.74. The van der Waals surface area contributed by atoms with Crippen LogP contribution in [0.5, 0.6) is 0 Å². The summed E-state index contributed by atoms with van der Waals surface area (Å²) in [5, 5.41) is 7.66. The lowest BCUT2D eigenvalue weighted by atomic mass is 10.1. The van der Waals surface area contributed by atoms with Gasteiger partial charge in [0.15, 0.2) is 0 Å². The average Bonchev–Trinajstić information content (AvgIpc) is 2.85. The molecule has 34 heavy (non-hydrogen) atoms. The highest BCUT2D eigenvalue weighted by molar-refractivity contribution is 6.30. The smallest absolute Gasteiger partial charge is 0.412 e. The predicted octanol–water partition coefficient (Wildman–Crippen LogP) is 3.28. The predicted molar refractivity (Wildman–Crippen MR) is 129 cm³/mol. The van der Waals surface area contributed by atoms with E-state index in [0.717, 1.165) is 50.4 Å². The van der Waals surface area contributed by atoms with Crippen LogP contribution >= 0.6 is 11.6 Å². The normalized spacial score (nSPS) is 14.0. The molecule has 1 aliphatic heterocycles. The number of morpholine rings is 1. The Bertz CT molecular complexity index is 1160. The van der Waals surface area contributed by atoms with Crippen molar-refractivity contribution in [1.29, 1.82) is 0 Å². The van der Waals surface area contributed by atoms with Gasteiger partial charge in [0.25, 0.3) is 5.56 Å². The standard InChI is InChI=1S/C24H26ClN5O4/c25-20-4-1-3-19(15-20)21-6-8-23(31)30(28-21)17-18-5-7-22(26-16-18)27-24(32)34-12-2-9-29-10-13-33-14-11-29/h1,3-8,15-16H,2,9-14,17H2,(H,26,27,32). The largest absolute Gasteiger partial charge is 0.449 e. The van der Waals surface area contributed by atoms with Crippen molar-refractivity contribution in [1.82, 2.24) is 19.7 Å². The third kappa shape index (κ3) is 6.86. The maximum atomic E-state index is 12.3. The van der Waals surface area contributed by atoms with Crippen molar-refractivity contribution in [3.63, 3.8) is 0 Å². The Morgan fingerprint density at radius 3 is 2.76 bits per heavy atom. The molecule has 10 heteroatoms. The summed E-state index contributed by atoms with van der Waals surface area (Å²) < 4.78 is 11.9. The molecule has 1 aliphatic rings. The molecule has 1 saturated heterocycles. The number of halogens is 1. The molecule has 9 nitrogen and oxygen atoms in total. The van der Waals surface area contributed by atoms with Crippen molar-refractivity contribution >= 4 is 23.5 Å². The highest BCUT2D eigenvalue weighted by Crippen LogP contribution is 2.20. The van der Waals surface area contributed by atoms with Crippen LogP contribution in [0.3, 0.4) is 0 Å². The minimum atomic E-state index is -0.547. The summed E-state index contributed by atoms with van der Waals surface area (Å²) in [5.74, 6) is 0.370. The molecule has 1 N–H and O–H groups in total. The van der Waals surface area contributed by atoms with Crippen LogP contribution in [0.1, 0.15) is 12.0 Å². The molecule has 1 fully saturated rings. The SMILES string of the molecule is O=C(Nc1ccc(Cn2nc(-c3cccc(Cl)c3)ccc2=O)cn1)OCCCN1CCOCC1. The van der Waals surface area contributed by atoms with E-state index < -0.39 is 6.09 Å². The Morgan fingerprint density at radius 1 is 1.15 bits per heavy atom. The summed E-state index contributed by atoms with van der Waals surface area (Å²) >= 11 is 6.06. The summed E-state index contributed by atoms with van der Waals surface area (Å²) in [4.78, 5) is 30.8. The molecule has 0 saturated carbocycles. The number of ether oxygens (including phenoxy) is 2. The molecule has 1 amide bonds. The lowest BCUT2D eigenvalue weighted by Gasteiger charge is -2.26. The number of anilines is 1. The van der Waals surface area contributed by atoms with Crippen LogP contribution < -0.4 is 10.9 Å². The second-order valence-corrected chi connectivity index (χ2v) is 8.28. The zero-order chi connectivity index (χ0) is 23.8. The van der Waals surface area contributed by atoms with Crippen LogP contribution in [0.15, 0.2) is 59.5 Å². The molecule has 0 bridgehead atoms. The van der Waals surface area contributed by atoms with Gasteiger partial charge in [-0.1, -0.05) is 29.8 Å².